The van der Waals surface area contributed by atoms with E-state index in [0.29, 0.717) is 11.7 Å². The fourth-order valence-electron chi connectivity index (χ4n) is 2.68. The molecule has 1 aromatic carbocycles. The van der Waals surface area contributed by atoms with Crippen LogP contribution in [0.3, 0.4) is 0 Å². The summed E-state index contributed by atoms with van der Waals surface area (Å²) in [5.74, 6) is -0.138. The SMILES string of the molecule is CN(C)CC1CN(c2ccccc2F)C(C)(C)CN1. The average molecular weight is 265 g/mol. The number of rotatable bonds is 3. The Labute approximate surface area is 115 Å². The fraction of sp³-hybridized carbons (Fsp3) is 0.600. The molecule has 2 rings (SSSR count). The Morgan fingerprint density at radius 3 is 2.68 bits per heavy atom. The van der Waals surface area contributed by atoms with Gasteiger partial charge in [0.25, 0.3) is 0 Å². The first kappa shape index (κ1) is 14.3. The first-order valence-electron chi connectivity index (χ1n) is 6.80. The maximum absolute atomic E-state index is 14.0. The van der Waals surface area contributed by atoms with Crippen LogP contribution in [0.25, 0.3) is 0 Å². The van der Waals surface area contributed by atoms with Gasteiger partial charge in [0, 0.05) is 31.2 Å². The van der Waals surface area contributed by atoms with Crippen molar-refractivity contribution in [2.24, 2.45) is 0 Å². The summed E-state index contributed by atoms with van der Waals surface area (Å²) < 4.78 is 14.0. The molecule has 1 atom stereocenters. The molecule has 3 nitrogen and oxygen atoms in total. The van der Waals surface area contributed by atoms with Gasteiger partial charge in [-0.3, -0.25) is 0 Å². The molecule has 19 heavy (non-hydrogen) atoms. The van der Waals surface area contributed by atoms with Crippen LogP contribution < -0.4 is 10.2 Å². The molecule has 106 valence electrons. The molecular formula is C15H24FN3. The van der Waals surface area contributed by atoms with E-state index in [1.54, 1.807) is 6.07 Å². The summed E-state index contributed by atoms with van der Waals surface area (Å²) in [4.78, 5) is 4.35. The van der Waals surface area contributed by atoms with Gasteiger partial charge in [-0.2, -0.15) is 0 Å². The predicted molar refractivity (Wildman–Crippen MR) is 78.2 cm³/mol. The minimum absolute atomic E-state index is 0.0784. The molecule has 4 heteroatoms. The maximum Gasteiger partial charge on any atom is 0.146 e. The van der Waals surface area contributed by atoms with Gasteiger partial charge in [0.15, 0.2) is 0 Å². The van der Waals surface area contributed by atoms with Crippen LogP contribution in [0.15, 0.2) is 24.3 Å². The van der Waals surface area contributed by atoms with E-state index in [4.69, 9.17) is 0 Å². The standard InChI is InChI=1S/C15H24FN3/c1-15(2)11-17-12(9-18(3)4)10-19(15)14-8-6-5-7-13(14)16/h5-8,12,17H,9-11H2,1-4H3. The lowest BCUT2D eigenvalue weighted by Gasteiger charge is -2.48. The van der Waals surface area contributed by atoms with E-state index in [0.717, 1.165) is 19.6 Å². The topological polar surface area (TPSA) is 18.5 Å². The number of halogens is 1. The molecule has 1 aromatic rings. The van der Waals surface area contributed by atoms with Gasteiger partial charge in [-0.15, -0.1) is 0 Å². The number of piperazine rings is 1. The quantitative estimate of drug-likeness (QED) is 0.901. The summed E-state index contributed by atoms with van der Waals surface area (Å²) in [7, 11) is 4.13. The number of anilines is 1. The highest BCUT2D eigenvalue weighted by Gasteiger charge is 2.35. The maximum atomic E-state index is 14.0. The molecule has 1 fully saturated rings. The molecule has 0 bridgehead atoms. The van der Waals surface area contributed by atoms with Crippen molar-refractivity contribution in [2.45, 2.75) is 25.4 Å². The summed E-state index contributed by atoms with van der Waals surface area (Å²) in [6.07, 6.45) is 0. The highest BCUT2D eigenvalue weighted by molar-refractivity contribution is 5.51. The summed E-state index contributed by atoms with van der Waals surface area (Å²) in [5, 5.41) is 3.55. The molecule has 0 radical (unpaired) electrons. The Balaban J connectivity index is 2.22. The summed E-state index contributed by atoms with van der Waals surface area (Å²) in [6.45, 7) is 6.95. The largest absolute Gasteiger partial charge is 0.361 e. The van der Waals surface area contributed by atoms with Crippen LogP contribution in [0, 0.1) is 5.82 Å². The third kappa shape index (κ3) is 3.25. The van der Waals surface area contributed by atoms with Crippen molar-refractivity contribution in [3.63, 3.8) is 0 Å². The van der Waals surface area contributed by atoms with E-state index in [9.17, 15) is 4.39 Å². The summed E-state index contributed by atoms with van der Waals surface area (Å²) in [5.41, 5.74) is 0.628. The summed E-state index contributed by atoms with van der Waals surface area (Å²) >= 11 is 0. The fourth-order valence-corrected chi connectivity index (χ4v) is 2.68. The molecule has 0 aromatic heterocycles. The Kier molecular flexibility index (Phi) is 4.11. The lowest BCUT2D eigenvalue weighted by atomic mass is 9.96. The molecule has 0 spiro atoms. The highest BCUT2D eigenvalue weighted by atomic mass is 19.1. The Hall–Kier alpha value is -1.13. The van der Waals surface area contributed by atoms with Crippen molar-refractivity contribution in [1.82, 2.24) is 10.2 Å². The van der Waals surface area contributed by atoms with E-state index < -0.39 is 0 Å². The monoisotopic (exact) mass is 265 g/mol. The molecule has 1 aliphatic heterocycles. The zero-order chi connectivity index (χ0) is 14.0. The third-order valence-electron chi connectivity index (χ3n) is 3.69. The van der Waals surface area contributed by atoms with E-state index in [2.05, 4.69) is 43.1 Å². The van der Waals surface area contributed by atoms with Gasteiger partial charge >= 0.3 is 0 Å². The molecule has 1 heterocycles. The molecular weight excluding hydrogens is 241 g/mol. The van der Waals surface area contributed by atoms with Crippen molar-refractivity contribution < 1.29 is 4.39 Å². The van der Waals surface area contributed by atoms with Gasteiger partial charge in [-0.25, -0.2) is 4.39 Å². The Bertz CT molecular complexity index is 431. The predicted octanol–water partition coefficient (Wildman–Crippen LogP) is 1.94. The van der Waals surface area contributed by atoms with Gasteiger partial charge in [0.2, 0.25) is 0 Å². The highest BCUT2D eigenvalue weighted by Crippen LogP contribution is 2.28. The molecule has 1 saturated heterocycles. The van der Waals surface area contributed by atoms with Crippen LogP contribution in [-0.4, -0.2) is 50.2 Å². The van der Waals surface area contributed by atoms with Crippen molar-refractivity contribution in [1.29, 1.82) is 0 Å². The van der Waals surface area contributed by atoms with Crippen LogP contribution >= 0.6 is 0 Å². The smallest absolute Gasteiger partial charge is 0.146 e. The zero-order valence-electron chi connectivity index (χ0n) is 12.3. The Morgan fingerprint density at radius 1 is 1.37 bits per heavy atom. The van der Waals surface area contributed by atoms with Crippen molar-refractivity contribution in [3.05, 3.63) is 30.1 Å². The minimum Gasteiger partial charge on any atom is -0.361 e. The molecule has 0 saturated carbocycles. The number of hydrogen-bond acceptors (Lipinski definition) is 3. The zero-order valence-corrected chi connectivity index (χ0v) is 12.3. The molecule has 1 aliphatic rings. The third-order valence-corrected chi connectivity index (χ3v) is 3.69. The second kappa shape index (κ2) is 5.47. The van der Waals surface area contributed by atoms with E-state index in [-0.39, 0.29) is 11.4 Å². The minimum atomic E-state index is -0.138. The number of likely N-dealkylation sites (N-methyl/N-ethyl adjacent to an activating group) is 1. The van der Waals surface area contributed by atoms with Crippen molar-refractivity contribution in [2.75, 3.05) is 38.6 Å². The molecule has 1 N–H and O–H groups in total. The van der Waals surface area contributed by atoms with Crippen molar-refractivity contribution in [3.8, 4) is 0 Å². The van der Waals surface area contributed by atoms with Crippen LogP contribution in [-0.2, 0) is 0 Å². The normalized spacial score (nSPS) is 22.8. The van der Waals surface area contributed by atoms with Gasteiger partial charge in [0.1, 0.15) is 5.82 Å². The lowest BCUT2D eigenvalue weighted by Crippen LogP contribution is -2.64. The number of nitrogens with one attached hydrogen (secondary N) is 1. The average Bonchev–Trinajstić information content (AvgIpc) is 2.32. The van der Waals surface area contributed by atoms with Gasteiger partial charge in [0.05, 0.1) is 5.69 Å². The van der Waals surface area contributed by atoms with Crippen molar-refractivity contribution >= 4 is 5.69 Å². The van der Waals surface area contributed by atoms with E-state index >= 15 is 0 Å². The molecule has 1 unspecified atom stereocenters. The lowest BCUT2D eigenvalue weighted by molar-refractivity contribution is 0.268. The number of benzene rings is 1. The van der Waals surface area contributed by atoms with Crippen LogP contribution in [0.1, 0.15) is 13.8 Å². The second-order valence-corrected chi connectivity index (χ2v) is 6.21. The molecule has 0 aliphatic carbocycles. The first-order valence-corrected chi connectivity index (χ1v) is 6.80. The number of hydrogen-bond donors (Lipinski definition) is 1. The van der Waals surface area contributed by atoms with E-state index in [1.165, 1.54) is 6.07 Å². The van der Waals surface area contributed by atoms with Gasteiger partial charge in [-0.05, 0) is 40.1 Å². The Morgan fingerprint density at radius 2 is 2.05 bits per heavy atom. The number of nitrogens with zero attached hydrogens (tertiary/aromatic N) is 2. The van der Waals surface area contributed by atoms with Crippen LogP contribution in [0.4, 0.5) is 10.1 Å². The van der Waals surface area contributed by atoms with Gasteiger partial charge in [-0.1, -0.05) is 12.1 Å². The first-order chi connectivity index (χ1) is 8.90. The van der Waals surface area contributed by atoms with E-state index in [1.807, 2.05) is 12.1 Å². The van der Waals surface area contributed by atoms with Gasteiger partial charge < -0.3 is 15.1 Å². The van der Waals surface area contributed by atoms with Crippen LogP contribution in [0.5, 0.6) is 0 Å². The molecule has 0 amide bonds. The number of para-hydroxylation sites is 1. The second-order valence-electron chi connectivity index (χ2n) is 6.21. The van der Waals surface area contributed by atoms with Crippen LogP contribution in [0.2, 0.25) is 0 Å². The summed E-state index contributed by atoms with van der Waals surface area (Å²) in [6, 6.07) is 7.41.